The van der Waals surface area contributed by atoms with Gasteiger partial charge in [-0.2, -0.15) is 18.2 Å². The van der Waals surface area contributed by atoms with Gasteiger partial charge in [0.05, 0.1) is 30.4 Å². The fraction of sp³-hybridized carbons (Fsp3) is 0.0571. The van der Waals surface area contributed by atoms with Crippen LogP contribution < -0.4 is 4.57 Å². The topological polar surface area (TPSA) is 31.0 Å². The third kappa shape index (κ3) is 6.96. The van der Waals surface area contributed by atoms with Gasteiger partial charge in [-0.1, -0.05) is 231 Å². The van der Waals surface area contributed by atoms with Crippen LogP contribution in [0.5, 0.6) is 0 Å². The molecule has 0 aliphatic rings. The molecule has 0 radical (unpaired) electrons. The molecule has 76 heavy (non-hydrogen) atoms. The van der Waals surface area contributed by atoms with Crippen LogP contribution in [0.2, 0.25) is 0 Å². The van der Waals surface area contributed by atoms with Gasteiger partial charge in [0.1, 0.15) is 5.82 Å². The molecule has 0 N–H and O–H groups in total. The molecular weight excluding hydrogens is 1110 g/mol. The van der Waals surface area contributed by atoms with Gasteiger partial charge < -0.3 is 13.5 Å². The number of fused-ring (bicyclic) bond motifs is 14. The zero-order valence-electron chi connectivity index (χ0n) is 51.2. The Balaban J connectivity index is 0.00000653. The number of hydrogen-bond acceptors (Lipinski definition) is 1. The van der Waals surface area contributed by atoms with Crippen molar-refractivity contribution >= 4 is 92.5 Å². The maximum Gasteiger partial charge on any atom is 0.268 e. The van der Waals surface area contributed by atoms with Gasteiger partial charge in [0.2, 0.25) is 0 Å². The maximum absolute atomic E-state index is 9.24. The normalized spacial score (nSPS) is 13.9. The summed E-state index contributed by atoms with van der Waals surface area (Å²) in [5.74, 6) is 0.772. The Morgan fingerprint density at radius 1 is 0.487 bits per heavy atom. The van der Waals surface area contributed by atoms with Crippen molar-refractivity contribution in [2.24, 2.45) is 0 Å². The summed E-state index contributed by atoms with van der Waals surface area (Å²) in [6.07, 6.45) is 5.47. The predicted octanol–water partition coefficient (Wildman–Crippen LogP) is 17.0. The van der Waals surface area contributed by atoms with Gasteiger partial charge in [0.15, 0.2) is 0 Å². The summed E-state index contributed by atoms with van der Waals surface area (Å²) in [5, 5.41) is 10.2. The van der Waals surface area contributed by atoms with E-state index in [4.69, 9.17) is 13.2 Å². The molecular formula is C70H47N5Pt-2. The number of para-hydroxylation sites is 5. The molecule has 364 valence electrons. The van der Waals surface area contributed by atoms with Gasteiger partial charge in [-0.3, -0.25) is 4.57 Å². The summed E-state index contributed by atoms with van der Waals surface area (Å²) < 4.78 is 97.0. The van der Waals surface area contributed by atoms with Crippen LogP contribution >= 0.6 is 0 Å². The number of imidazole rings is 1. The maximum atomic E-state index is 9.24. The van der Waals surface area contributed by atoms with Gasteiger partial charge in [-0.25, -0.2) is 4.98 Å². The van der Waals surface area contributed by atoms with Gasteiger partial charge in [0, 0.05) is 43.7 Å². The quantitative estimate of drug-likeness (QED) is 0.125. The van der Waals surface area contributed by atoms with Crippen molar-refractivity contribution < 1.29 is 39.3 Å². The third-order valence-corrected chi connectivity index (χ3v) is 14.8. The van der Waals surface area contributed by atoms with E-state index in [0.29, 0.717) is 16.7 Å². The van der Waals surface area contributed by atoms with E-state index in [0.717, 1.165) is 92.8 Å². The van der Waals surface area contributed by atoms with Crippen LogP contribution in [0, 0.1) is 18.5 Å². The summed E-state index contributed by atoms with van der Waals surface area (Å²) in [6, 6.07) is 57.7. The van der Waals surface area contributed by atoms with Crippen molar-refractivity contribution in [3.05, 3.63) is 254 Å². The van der Waals surface area contributed by atoms with Crippen LogP contribution in [-0.2, 0) is 26.5 Å². The smallest absolute Gasteiger partial charge is 0.268 e. The number of aromatic nitrogens is 5. The Bertz CT molecular complexity index is 5360. The second kappa shape index (κ2) is 17.6. The number of rotatable bonds is 5. The second-order valence-electron chi connectivity index (χ2n) is 20.0. The SMILES string of the molecule is [2H]c1c([2H])c([2H])c(-c2cccc(-c3c([2H])c([2H])c([2H])c([2H])c3[2H])c2-[n+]2[c-]n(-c3[c-]c4c(cc3)c3cccc5c6ccccc6c6ccccc6c6cc7c8ccccc8n(-c8cc(C(C)(C)C)ccn8)c7[c-]c6n4c53)c3ccccc32)c([2H])c1[2H].[Pt]. The number of nitrogens with zero attached hydrogens (tertiary/aromatic N) is 5. The molecule has 0 atom stereocenters. The largest absolute Gasteiger partial charge is 0.358 e. The van der Waals surface area contributed by atoms with Crippen molar-refractivity contribution in [3.63, 3.8) is 0 Å². The van der Waals surface area contributed by atoms with Crippen LogP contribution in [0.15, 0.2) is 230 Å². The van der Waals surface area contributed by atoms with Crippen LogP contribution in [0.25, 0.3) is 132 Å². The van der Waals surface area contributed by atoms with Crippen LogP contribution in [0.1, 0.15) is 40.0 Å². The number of pyridine rings is 1. The summed E-state index contributed by atoms with van der Waals surface area (Å²) in [7, 11) is 0. The van der Waals surface area contributed by atoms with Crippen LogP contribution in [0.4, 0.5) is 0 Å². The molecule has 5 nitrogen and oxygen atoms in total. The van der Waals surface area contributed by atoms with Crippen LogP contribution in [0.3, 0.4) is 0 Å². The van der Waals surface area contributed by atoms with Gasteiger partial charge in [-0.05, 0) is 84.0 Å². The molecule has 5 heterocycles. The van der Waals surface area contributed by atoms with Gasteiger partial charge >= 0.3 is 0 Å². The van der Waals surface area contributed by atoms with E-state index < -0.39 is 60.4 Å². The second-order valence-corrected chi connectivity index (χ2v) is 20.0. The van der Waals surface area contributed by atoms with E-state index in [-0.39, 0.29) is 54.4 Å². The molecule has 15 aromatic rings. The molecule has 0 spiro atoms. The standard InChI is InChI=1S/C70H47N5.Pt/c1-70(2,3)47-38-39-71-67(40-47)74-61-33-15-14-28-55(61)60-42-59-54-27-13-11-25-52(54)51-24-10-12-26-53(51)57-31-19-32-58-56-37-36-48(41-64(56)75(69(57)58)66(59)43-65(60)74)72-44-73(63-35-17-16-34-62(63)72)68-49(45-20-6-4-7-21-45)29-18-30-50(68)46-22-8-5-9-23-46;/h4-40,42H,1-3H3;/q-2;/i4D,5D,6D,7D,8D,9D,20D,21D,22D,23D;. The van der Waals surface area contributed by atoms with Crippen molar-refractivity contribution in [2.45, 2.75) is 26.2 Å². The molecule has 0 amide bonds. The van der Waals surface area contributed by atoms with E-state index in [1.807, 2.05) is 41.1 Å². The summed E-state index contributed by atoms with van der Waals surface area (Å²) in [4.78, 5) is 5.05. The van der Waals surface area contributed by atoms with Crippen molar-refractivity contribution in [1.29, 1.82) is 0 Å². The fourth-order valence-corrected chi connectivity index (χ4v) is 11.4. The monoisotopic (exact) mass is 1160 g/mol. The first-order valence-corrected chi connectivity index (χ1v) is 24.9. The van der Waals surface area contributed by atoms with Crippen molar-refractivity contribution in [3.8, 4) is 39.4 Å². The third-order valence-electron chi connectivity index (χ3n) is 14.8. The Hall–Kier alpha value is -8.89. The molecule has 0 aliphatic heterocycles. The average Bonchev–Trinajstić information content (AvgIpc) is 1.54. The first-order chi connectivity index (χ1) is 41.0. The molecule has 0 unspecified atom stereocenters. The molecule has 0 aliphatic carbocycles. The minimum Gasteiger partial charge on any atom is -0.358 e. The molecule has 0 saturated heterocycles. The average molecular weight is 1160 g/mol. The predicted molar refractivity (Wildman–Crippen MR) is 310 cm³/mol. The summed E-state index contributed by atoms with van der Waals surface area (Å²) >= 11 is 0. The fourth-order valence-electron chi connectivity index (χ4n) is 11.4. The zero-order chi connectivity index (χ0) is 58.6. The van der Waals surface area contributed by atoms with Gasteiger partial charge in [0.25, 0.3) is 6.33 Å². The Kier molecular flexibility index (Phi) is 8.38. The van der Waals surface area contributed by atoms with E-state index in [1.54, 1.807) is 22.8 Å². The first kappa shape index (κ1) is 36.1. The zero-order valence-corrected chi connectivity index (χ0v) is 43.5. The summed E-state index contributed by atoms with van der Waals surface area (Å²) in [6.45, 7) is 6.61. The molecule has 5 aromatic heterocycles. The van der Waals surface area contributed by atoms with Crippen molar-refractivity contribution in [1.82, 2.24) is 18.5 Å². The molecule has 0 saturated carbocycles. The van der Waals surface area contributed by atoms with E-state index in [9.17, 15) is 5.48 Å². The summed E-state index contributed by atoms with van der Waals surface area (Å²) in [5.41, 5.74) is 7.25. The van der Waals surface area contributed by atoms with Gasteiger partial charge in [-0.15, -0.1) is 28.3 Å². The Morgan fingerprint density at radius 3 is 1.70 bits per heavy atom. The number of benzene rings is 10. The van der Waals surface area contributed by atoms with E-state index in [1.165, 1.54) is 0 Å². The van der Waals surface area contributed by atoms with E-state index in [2.05, 4.69) is 163 Å². The number of hydrogen-bond donors (Lipinski definition) is 0. The minimum absolute atomic E-state index is 0. The molecule has 0 fully saturated rings. The molecule has 0 bridgehead atoms. The first-order valence-electron chi connectivity index (χ1n) is 29.9. The Morgan fingerprint density at radius 2 is 1.03 bits per heavy atom. The van der Waals surface area contributed by atoms with Crippen molar-refractivity contribution in [2.75, 3.05) is 0 Å². The van der Waals surface area contributed by atoms with Crippen LogP contribution in [-0.4, -0.2) is 18.5 Å². The Labute approximate surface area is 468 Å². The molecule has 15 rings (SSSR count). The molecule has 10 aromatic carbocycles. The van der Waals surface area contributed by atoms with E-state index >= 15 is 0 Å². The minimum atomic E-state index is -0.571. The molecule has 6 heteroatoms.